The number of hydrogen-bond donors (Lipinski definition) is 1. The molecular weight excluding hydrogens is 277 g/mol. The lowest BCUT2D eigenvalue weighted by atomic mass is 10.1. The van der Waals surface area contributed by atoms with E-state index in [4.69, 9.17) is 17.3 Å². The van der Waals surface area contributed by atoms with Gasteiger partial charge in [0.1, 0.15) is 11.5 Å². The lowest BCUT2D eigenvalue weighted by Crippen LogP contribution is -1.96. The van der Waals surface area contributed by atoms with E-state index in [0.717, 1.165) is 0 Å². The van der Waals surface area contributed by atoms with Crippen molar-refractivity contribution in [3.63, 3.8) is 0 Å². The van der Waals surface area contributed by atoms with Gasteiger partial charge in [-0.3, -0.25) is 0 Å². The minimum Gasteiger partial charge on any atom is -0.396 e. The van der Waals surface area contributed by atoms with Gasteiger partial charge in [-0.1, -0.05) is 35.9 Å². The van der Waals surface area contributed by atoms with Gasteiger partial charge in [0.05, 0.1) is 22.6 Å². The van der Waals surface area contributed by atoms with Gasteiger partial charge in [0.25, 0.3) is 0 Å². The summed E-state index contributed by atoms with van der Waals surface area (Å²) in [6.45, 7) is 0. The van der Waals surface area contributed by atoms with E-state index in [0.29, 0.717) is 27.7 Å². The van der Waals surface area contributed by atoms with Gasteiger partial charge in [0, 0.05) is 5.56 Å². The fourth-order valence-electron chi connectivity index (χ4n) is 2.01. The highest BCUT2D eigenvalue weighted by molar-refractivity contribution is 6.32. The Hall–Kier alpha value is -2.33. The summed E-state index contributed by atoms with van der Waals surface area (Å²) in [5, 5.41) is 4.89. The van der Waals surface area contributed by atoms with E-state index >= 15 is 0 Å². The van der Waals surface area contributed by atoms with E-state index in [1.54, 1.807) is 35.1 Å². The second kappa shape index (κ2) is 4.98. The molecule has 0 atom stereocenters. The van der Waals surface area contributed by atoms with Gasteiger partial charge in [-0.15, -0.1) is 0 Å². The van der Waals surface area contributed by atoms with Crippen molar-refractivity contribution in [2.24, 2.45) is 0 Å². The van der Waals surface area contributed by atoms with E-state index < -0.39 is 0 Å². The van der Waals surface area contributed by atoms with Gasteiger partial charge in [0.2, 0.25) is 0 Å². The van der Waals surface area contributed by atoms with Crippen LogP contribution in [-0.2, 0) is 0 Å². The summed E-state index contributed by atoms with van der Waals surface area (Å²) >= 11 is 6.12. The average molecular weight is 288 g/mol. The highest BCUT2D eigenvalue weighted by atomic mass is 35.5. The quantitative estimate of drug-likeness (QED) is 0.776. The van der Waals surface area contributed by atoms with Crippen LogP contribution in [-0.4, -0.2) is 9.78 Å². The molecule has 0 aliphatic carbocycles. The standard InChI is InChI=1S/C15H11ClFN3/c16-11-6-2-4-8-14(11)20-9-13(18)15(19-20)10-5-1-3-7-12(10)17/h1-9H,18H2. The molecule has 3 nitrogen and oxygen atoms in total. The zero-order valence-corrected chi connectivity index (χ0v) is 11.2. The van der Waals surface area contributed by atoms with Gasteiger partial charge >= 0.3 is 0 Å². The van der Waals surface area contributed by atoms with E-state index in [9.17, 15) is 4.39 Å². The van der Waals surface area contributed by atoms with Crippen molar-refractivity contribution in [2.45, 2.75) is 0 Å². The Morgan fingerprint density at radius 1 is 1.05 bits per heavy atom. The summed E-state index contributed by atoms with van der Waals surface area (Å²) in [7, 11) is 0. The molecule has 0 saturated heterocycles. The van der Waals surface area contributed by atoms with Crippen LogP contribution in [0.2, 0.25) is 5.02 Å². The van der Waals surface area contributed by atoms with Crippen LogP contribution in [0.1, 0.15) is 0 Å². The van der Waals surface area contributed by atoms with Gasteiger partial charge in [0.15, 0.2) is 0 Å². The maximum Gasteiger partial charge on any atom is 0.132 e. The summed E-state index contributed by atoms with van der Waals surface area (Å²) in [4.78, 5) is 0. The Morgan fingerprint density at radius 3 is 2.50 bits per heavy atom. The molecule has 1 heterocycles. The Labute approximate surface area is 120 Å². The zero-order valence-electron chi connectivity index (χ0n) is 10.4. The summed E-state index contributed by atoms with van der Waals surface area (Å²) in [6, 6.07) is 13.6. The number of para-hydroxylation sites is 1. The van der Waals surface area contributed by atoms with Crippen molar-refractivity contribution >= 4 is 17.3 Å². The van der Waals surface area contributed by atoms with Crippen molar-refractivity contribution < 1.29 is 4.39 Å². The van der Waals surface area contributed by atoms with Gasteiger partial charge in [-0.25, -0.2) is 9.07 Å². The molecule has 3 aromatic rings. The van der Waals surface area contributed by atoms with Crippen molar-refractivity contribution in [1.82, 2.24) is 9.78 Å². The van der Waals surface area contributed by atoms with Crippen LogP contribution in [0, 0.1) is 5.82 Å². The Balaban J connectivity index is 2.13. The lowest BCUT2D eigenvalue weighted by molar-refractivity contribution is 0.630. The first-order valence-corrected chi connectivity index (χ1v) is 6.39. The van der Waals surface area contributed by atoms with E-state index in [1.165, 1.54) is 6.07 Å². The third-order valence-corrected chi connectivity index (χ3v) is 3.29. The van der Waals surface area contributed by atoms with Crippen LogP contribution in [0.5, 0.6) is 0 Å². The van der Waals surface area contributed by atoms with Crippen molar-refractivity contribution in [1.29, 1.82) is 0 Å². The first kappa shape index (κ1) is 12.7. The van der Waals surface area contributed by atoms with Crippen LogP contribution in [0.25, 0.3) is 16.9 Å². The molecule has 100 valence electrons. The van der Waals surface area contributed by atoms with Crippen LogP contribution >= 0.6 is 11.6 Å². The number of nitrogens with two attached hydrogens (primary N) is 1. The van der Waals surface area contributed by atoms with Gasteiger partial charge in [-0.05, 0) is 24.3 Å². The number of nitrogens with zero attached hydrogens (tertiary/aromatic N) is 2. The third-order valence-electron chi connectivity index (χ3n) is 2.97. The van der Waals surface area contributed by atoms with Crippen LogP contribution < -0.4 is 5.73 Å². The summed E-state index contributed by atoms with van der Waals surface area (Å²) in [6.07, 6.45) is 1.63. The first-order chi connectivity index (χ1) is 9.66. The number of anilines is 1. The summed E-state index contributed by atoms with van der Waals surface area (Å²) < 4.78 is 15.4. The molecule has 20 heavy (non-hydrogen) atoms. The lowest BCUT2D eigenvalue weighted by Gasteiger charge is -2.03. The van der Waals surface area contributed by atoms with Crippen LogP contribution in [0.4, 0.5) is 10.1 Å². The fourth-order valence-corrected chi connectivity index (χ4v) is 2.23. The van der Waals surface area contributed by atoms with E-state index in [-0.39, 0.29) is 5.82 Å². The molecule has 0 spiro atoms. The molecule has 0 amide bonds. The molecule has 3 rings (SSSR count). The van der Waals surface area contributed by atoms with Crippen molar-refractivity contribution in [2.75, 3.05) is 5.73 Å². The molecule has 0 fully saturated rings. The topological polar surface area (TPSA) is 43.8 Å². The van der Waals surface area contributed by atoms with Gasteiger partial charge < -0.3 is 5.73 Å². The first-order valence-electron chi connectivity index (χ1n) is 6.02. The smallest absolute Gasteiger partial charge is 0.132 e. The summed E-state index contributed by atoms with van der Waals surface area (Å²) in [5.74, 6) is -0.358. The maximum absolute atomic E-state index is 13.8. The largest absolute Gasteiger partial charge is 0.396 e. The minimum atomic E-state index is -0.358. The molecule has 0 aliphatic heterocycles. The SMILES string of the molecule is Nc1cn(-c2ccccc2Cl)nc1-c1ccccc1F. The Bertz CT molecular complexity index is 767. The predicted octanol–water partition coefficient (Wildman–Crippen LogP) is 3.91. The number of rotatable bonds is 2. The fraction of sp³-hybridized carbons (Fsp3) is 0. The predicted molar refractivity (Wildman–Crippen MR) is 78.4 cm³/mol. The van der Waals surface area contributed by atoms with Crippen molar-refractivity contribution in [3.8, 4) is 16.9 Å². The average Bonchev–Trinajstić information content (AvgIpc) is 2.81. The monoisotopic (exact) mass is 287 g/mol. The molecule has 0 aliphatic rings. The molecular formula is C15H11ClFN3. The highest BCUT2D eigenvalue weighted by Crippen LogP contribution is 2.29. The normalized spacial score (nSPS) is 10.7. The highest BCUT2D eigenvalue weighted by Gasteiger charge is 2.14. The van der Waals surface area contributed by atoms with Crippen molar-refractivity contribution in [3.05, 3.63) is 65.6 Å². The molecule has 2 N–H and O–H groups in total. The minimum absolute atomic E-state index is 0.358. The zero-order chi connectivity index (χ0) is 14.1. The number of aromatic nitrogens is 2. The second-order valence-corrected chi connectivity index (χ2v) is 4.72. The Morgan fingerprint density at radius 2 is 1.75 bits per heavy atom. The molecule has 0 bridgehead atoms. The number of halogens is 2. The molecule has 5 heteroatoms. The summed E-state index contributed by atoms with van der Waals surface area (Å²) in [5.41, 5.74) is 7.81. The maximum atomic E-state index is 13.8. The van der Waals surface area contributed by atoms with Crippen LogP contribution in [0.3, 0.4) is 0 Å². The van der Waals surface area contributed by atoms with Gasteiger partial charge in [-0.2, -0.15) is 5.10 Å². The molecule has 0 unspecified atom stereocenters. The third kappa shape index (κ3) is 2.14. The second-order valence-electron chi connectivity index (χ2n) is 4.31. The number of benzene rings is 2. The number of nitrogen functional groups attached to an aromatic ring is 1. The molecule has 1 aromatic heterocycles. The molecule has 0 saturated carbocycles. The molecule has 2 aromatic carbocycles. The molecule has 0 radical (unpaired) electrons. The number of hydrogen-bond acceptors (Lipinski definition) is 2. The van der Waals surface area contributed by atoms with E-state index in [2.05, 4.69) is 5.10 Å². The van der Waals surface area contributed by atoms with Crippen LogP contribution in [0.15, 0.2) is 54.7 Å². The van der Waals surface area contributed by atoms with E-state index in [1.807, 2.05) is 18.2 Å². The Kier molecular flexibility index (Phi) is 3.16.